The average molecular weight is 175 g/mol. The molecule has 3 nitrogen and oxygen atoms in total. The molecule has 2 bridgehead atoms. The fourth-order valence-corrected chi connectivity index (χ4v) is 2.69. The Bertz CT molecular complexity index is 298. The molecule has 2 saturated heterocycles. The molecule has 0 aliphatic carbocycles. The van der Waals surface area contributed by atoms with Crippen LogP contribution in [0.1, 0.15) is 30.7 Å². The summed E-state index contributed by atoms with van der Waals surface area (Å²) in [5.41, 5.74) is 1.31. The predicted molar refractivity (Wildman–Crippen MR) is 49.3 cm³/mol. The summed E-state index contributed by atoms with van der Waals surface area (Å²) in [6.07, 6.45) is 9.47. The fraction of sp³-hybridized carbons (Fsp3) is 0.600. The van der Waals surface area contributed by atoms with Gasteiger partial charge in [0.05, 0.1) is 0 Å². The van der Waals surface area contributed by atoms with Crippen molar-refractivity contribution in [2.75, 3.05) is 0 Å². The highest BCUT2D eigenvalue weighted by Crippen LogP contribution is 2.39. The maximum absolute atomic E-state index is 4.07. The smallest absolute Gasteiger partial charge is 0.115 e. The van der Waals surface area contributed by atoms with Crippen molar-refractivity contribution in [3.05, 3.63) is 24.3 Å². The minimum atomic E-state index is 0.667. The predicted octanol–water partition coefficient (Wildman–Crippen LogP) is 1.08. The third-order valence-electron chi connectivity index (χ3n) is 3.31. The number of rotatable bonds is 1. The molecule has 1 aromatic rings. The number of hydrogen-bond acceptors (Lipinski definition) is 3. The van der Waals surface area contributed by atoms with Gasteiger partial charge in [-0.15, -0.1) is 0 Å². The molecular formula is C10H13N3. The van der Waals surface area contributed by atoms with Gasteiger partial charge in [0.25, 0.3) is 0 Å². The lowest BCUT2D eigenvalue weighted by Crippen LogP contribution is -2.21. The second-order valence-corrected chi connectivity index (χ2v) is 4.06. The monoisotopic (exact) mass is 175 g/mol. The summed E-state index contributed by atoms with van der Waals surface area (Å²) in [6, 6.07) is 1.45. The molecule has 13 heavy (non-hydrogen) atoms. The van der Waals surface area contributed by atoms with E-state index in [4.69, 9.17) is 0 Å². The summed E-state index contributed by atoms with van der Waals surface area (Å²) in [5, 5.41) is 3.62. The number of aromatic nitrogens is 2. The molecular weight excluding hydrogens is 162 g/mol. The van der Waals surface area contributed by atoms with Crippen molar-refractivity contribution in [1.29, 1.82) is 0 Å². The van der Waals surface area contributed by atoms with E-state index < -0.39 is 0 Å². The van der Waals surface area contributed by atoms with Crippen LogP contribution in [0.15, 0.2) is 18.7 Å². The van der Waals surface area contributed by atoms with Gasteiger partial charge in [-0.05, 0) is 24.8 Å². The van der Waals surface area contributed by atoms with Crippen LogP contribution in [-0.4, -0.2) is 22.1 Å². The fourth-order valence-electron chi connectivity index (χ4n) is 2.69. The zero-order valence-electron chi connectivity index (χ0n) is 7.48. The SMILES string of the molecule is c1ncc([C@@H]2C[C@H]3CC[C@@H]2N3)cn1. The van der Waals surface area contributed by atoms with Gasteiger partial charge >= 0.3 is 0 Å². The van der Waals surface area contributed by atoms with Crippen molar-refractivity contribution in [3.63, 3.8) is 0 Å². The van der Waals surface area contributed by atoms with Gasteiger partial charge in [0.1, 0.15) is 6.33 Å². The third-order valence-corrected chi connectivity index (χ3v) is 3.31. The van der Waals surface area contributed by atoms with Crippen LogP contribution in [0.5, 0.6) is 0 Å². The summed E-state index contributed by atoms with van der Waals surface area (Å²) < 4.78 is 0. The zero-order valence-corrected chi connectivity index (χ0v) is 7.48. The summed E-state index contributed by atoms with van der Waals surface area (Å²) in [5.74, 6) is 0.667. The quantitative estimate of drug-likeness (QED) is 0.694. The van der Waals surface area contributed by atoms with Gasteiger partial charge in [0, 0.05) is 30.4 Å². The Morgan fingerprint density at radius 1 is 1.23 bits per heavy atom. The Hall–Kier alpha value is -0.960. The largest absolute Gasteiger partial charge is 0.311 e. The van der Waals surface area contributed by atoms with Crippen molar-refractivity contribution < 1.29 is 0 Å². The Morgan fingerprint density at radius 3 is 2.69 bits per heavy atom. The molecule has 2 aliphatic rings. The van der Waals surface area contributed by atoms with Crippen LogP contribution in [-0.2, 0) is 0 Å². The first-order valence-corrected chi connectivity index (χ1v) is 4.94. The van der Waals surface area contributed by atoms with Crippen molar-refractivity contribution >= 4 is 0 Å². The Balaban J connectivity index is 1.87. The van der Waals surface area contributed by atoms with Crippen LogP contribution in [0.3, 0.4) is 0 Å². The van der Waals surface area contributed by atoms with E-state index in [1.165, 1.54) is 24.8 Å². The second-order valence-electron chi connectivity index (χ2n) is 4.06. The average Bonchev–Trinajstić information content (AvgIpc) is 2.80. The molecule has 2 fully saturated rings. The first-order chi connectivity index (χ1) is 6.43. The minimum absolute atomic E-state index is 0.667. The lowest BCUT2D eigenvalue weighted by atomic mass is 9.85. The number of fused-ring (bicyclic) bond motifs is 2. The van der Waals surface area contributed by atoms with Crippen molar-refractivity contribution in [2.24, 2.45) is 0 Å². The van der Waals surface area contributed by atoms with Gasteiger partial charge in [0.2, 0.25) is 0 Å². The third kappa shape index (κ3) is 1.15. The molecule has 1 N–H and O–H groups in total. The highest BCUT2D eigenvalue weighted by molar-refractivity contribution is 5.19. The van der Waals surface area contributed by atoms with E-state index in [-0.39, 0.29) is 0 Å². The molecule has 3 atom stereocenters. The lowest BCUT2D eigenvalue weighted by Gasteiger charge is -2.19. The van der Waals surface area contributed by atoms with Crippen molar-refractivity contribution in [1.82, 2.24) is 15.3 Å². The Morgan fingerprint density at radius 2 is 2.08 bits per heavy atom. The van der Waals surface area contributed by atoms with Crippen LogP contribution in [0, 0.1) is 0 Å². The second kappa shape index (κ2) is 2.77. The highest BCUT2D eigenvalue weighted by atomic mass is 15.0. The van der Waals surface area contributed by atoms with Gasteiger partial charge in [-0.1, -0.05) is 0 Å². The van der Waals surface area contributed by atoms with Gasteiger partial charge in [-0.3, -0.25) is 0 Å². The molecule has 0 spiro atoms. The maximum atomic E-state index is 4.07. The van der Waals surface area contributed by atoms with Crippen molar-refractivity contribution in [2.45, 2.75) is 37.3 Å². The topological polar surface area (TPSA) is 37.8 Å². The number of nitrogens with zero attached hydrogens (tertiary/aromatic N) is 2. The van der Waals surface area contributed by atoms with Crippen LogP contribution >= 0.6 is 0 Å². The van der Waals surface area contributed by atoms with Crippen LogP contribution < -0.4 is 5.32 Å². The van der Waals surface area contributed by atoms with E-state index in [9.17, 15) is 0 Å². The molecule has 2 aliphatic heterocycles. The van der Waals surface area contributed by atoms with Crippen LogP contribution in [0.4, 0.5) is 0 Å². The van der Waals surface area contributed by atoms with Gasteiger partial charge in [0.15, 0.2) is 0 Å². The highest BCUT2D eigenvalue weighted by Gasteiger charge is 2.39. The van der Waals surface area contributed by atoms with E-state index in [0.717, 1.165) is 6.04 Å². The number of nitrogens with one attached hydrogen (secondary N) is 1. The van der Waals surface area contributed by atoms with Gasteiger partial charge in [-0.2, -0.15) is 0 Å². The van der Waals surface area contributed by atoms with E-state index in [1.807, 2.05) is 12.4 Å². The summed E-state index contributed by atoms with van der Waals surface area (Å²) >= 11 is 0. The van der Waals surface area contributed by atoms with Gasteiger partial charge < -0.3 is 5.32 Å². The Labute approximate surface area is 77.6 Å². The van der Waals surface area contributed by atoms with Crippen LogP contribution in [0.2, 0.25) is 0 Å². The summed E-state index contributed by atoms with van der Waals surface area (Å²) in [7, 11) is 0. The molecule has 0 aromatic carbocycles. The maximum Gasteiger partial charge on any atom is 0.115 e. The first-order valence-electron chi connectivity index (χ1n) is 4.94. The molecule has 3 rings (SSSR count). The molecule has 3 heterocycles. The van der Waals surface area contributed by atoms with Gasteiger partial charge in [-0.25, -0.2) is 9.97 Å². The van der Waals surface area contributed by atoms with E-state index >= 15 is 0 Å². The van der Waals surface area contributed by atoms with E-state index in [1.54, 1.807) is 6.33 Å². The molecule has 0 unspecified atom stereocenters. The minimum Gasteiger partial charge on any atom is -0.311 e. The molecule has 68 valence electrons. The molecule has 0 amide bonds. The molecule has 0 saturated carbocycles. The van der Waals surface area contributed by atoms with Crippen molar-refractivity contribution in [3.8, 4) is 0 Å². The first kappa shape index (κ1) is 7.44. The summed E-state index contributed by atoms with van der Waals surface area (Å²) in [4.78, 5) is 8.15. The van der Waals surface area contributed by atoms with Crippen LogP contribution in [0.25, 0.3) is 0 Å². The normalized spacial score (nSPS) is 36.8. The summed E-state index contributed by atoms with van der Waals surface area (Å²) in [6.45, 7) is 0. The van der Waals surface area contributed by atoms with E-state index in [0.29, 0.717) is 12.0 Å². The standard InChI is InChI=1S/C10H13N3/c1-2-10-9(3-8(1)13-10)7-4-11-6-12-5-7/h4-6,8-10,13H,1-3H2/t8-,9+,10+/m1/s1. The molecule has 1 aromatic heterocycles. The zero-order chi connectivity index (χ0) is 8.67. The van der Waals surface area contributed by atoms with E-state index in [2.05, 4.69) is 15.3 Å². The molecule has 0 radical (unpaired) electrons. The molecule has 3 heteroatoms. The Kier molecular flexibility index (Phi) is 1.59. The lowest BCUT2D eigenvalue weighted by molar-refractivity contribution is 0.504. The number of hydrogen-bond donors (Lipinski definition) is 1.